The number of benzene rings is 3. The van der Waals surface area contributed by atoms with Crippen molar-refractivity contribution in [2.75, 3.05) is 11.9 Å². The van der Waals surface area contributed by atoms with Crippen molar-refractivity contribution >= 4 is 17.7 Å². The number of hydrogen-bond donors (Lipinski definition) is 1. The van der Waals surface area contributed by atoms with E-state index in [4.69, 9.17) is 4.74 Å². The topological polar surface area (TPSA) is 61.9 Å². The second-order valence-electron chi connectivity index (χ2n) is 11.8. The summed E-state index contributed by atoms with van der Waals surface area (Å²) in [6.07, 6.45) is 1.57. The van der Waals surface area contributed by atoms with Crippen molar-refractivity contribution in [1.29, 1.82) is 0 Å². The van der Waals surface area contributed by atoms with Crippen LogP contribution in [0.15, 0.2) is 78.9 Å². The molecule has 40 heavy (non-hydrogen) atoms. The molecule has 1 N–H and O–H groups in total. The number of aryl methyl sites for hydroxylation is 2. The van der Waals surface area contributed by atoms with Crippen LogP contribution in [0, 0.1) is 13.8 Å². The van der Waals surface area contributed by atoms with E-state index in [-0.39, 0.29) is 30.5 Å². The highest BCUT2D eigenvalue weighted by atomic mass is 16.6. The van der Waals surface area contributed by atoms with Crippen LogP contribution in [0.25, 0.3) is 0 Å². The van der Waals surface area contributed by atoms with E-state index in [1.165, 1.54) is 11.1 Å². The van der Waals surface area contributed by atoms with Crippen LogP contribution in [0.4, 0.5) is 10.5 Å². The van der Waals surface area contributed by atoms with Crippen molar-refractivity contribution in [1.82, 2.24) is 9.80 Å². The molecule has 0 aromatic heterocycles. The van der Waals surface area contributed by atoms with Gasteiger partial charge in [-0.1, -0.05) is 78.9 Å². The molecule has 212 valence electrons. The first-order chi connectivity index (χ1) is 19.1. The summed E-state index contributed by atoms with van der Waals surface area (Å²) < 4.78 is 5.85. The standard InChI is InChI=1S/C34H43N3O3/c1-25-14-12-15-26(2)32(25)35-31(38)22-30-29(20-13-21-37(30)33(39)40-34(3,4)5)36(23-27-16-8-6-9-17-27)24-28-18-10-7-11-19-28/h6-12,14-19,29-30H,13,20-24H2,1-5H3,(H,35,38)/t29-,30+/m0/s1. The van der Waals surface area contributed by atoms with Crippen molar-refractivity contribution in [3.63, 3.8) is 0 Å². The van der Waals surface area contributed by atoms with Gasteiger partial charge in [0.2, 0.25) is 5.91 Å². The molecule has 4 rings (SSSR count). The van der Waals surface area contributed by atoms with Gasteiger partial charge in [-0.05, 0) is 69.7 Å². The van der Waals surface area contributed by atoms with E-state index in [1.807, 2.05) is 65.0 Å². The van der Waals surface area contributed by atoms with Gasteiger partial charge in [0.05, 0.1) is 6.04 Å². The van der Waals surface area contributed by atoms with E-state index in [0.29, 0.717) is 6.54 Å². The van der Waals surface area contributed by atoms with Crippen LogP contribution in [-0.2, 0) is 22.6 Å². The summed E-state index contributed by atoms with van der Waals surface area (Å²) in [6.45, 7) is 11.7. The Labute approximate surface area is 239 Å². The second kappa shape index (κ2) is 13.1. The zero-order valence-corrected chi connectivity index (χ0v) is 24.5. The molecule has 0 aliphatic carbocycles. The maximum Gasteiger partial charge on any atom is 0.410 e. The molecule has 0 unspecified atom stereocenters. The van der Waals surface area contributed by atoms with Crippen molar-refractivity contribution in [2.24, 2.45) is 0 Å². The van der Waals surface area contributed by atoms with Gasteiger partial charge in [0.1, 0.15) is 5.60 Å². The molecule has 1 fully saturated rings. The van der Waals surface area contributed by atoms with E-state index in [9.17, 15) is 9.59 Å². The lowest BCUT2D eigenvalue weighted by Crippen LogP contribution is -2.58. The number of piperidine rings is 1. The monoisotopic (exact) mass is 541 g/mol. The van der Waals surface area contributed by atoms with Crippen molar-refractivity contribution in [3.8, 4) is 0 Å². The fourth-order valence-corrected chi connectivity index (χ4v) is 5.57. The lowest BCUT2D eigenvalue weighted by molar-refractivity contribution is -0.118. The highest BCUT2D eigenvalue weighted by molar-refractivity contribution is 5.93. The van der Waals surface area contributed by atoms with Crippen LogP contribution in [0.5, 0.6) is 0 Å². The van der Waals surface area contributed by atoms with Crippen LogP contribution in [0.3, 0.4) is 0 Å². The summed E-state index contributed by atoms with van der Waals surface area (Å²) in [5.41, 5.74) is 4.66. The molecular weight excluding hydrogens is 498 g/mol. The van der Waals surface area contributed by atoms with Gasteiger partial charge < -0.3 is 15.0 Å². The number of rotatable bonds is 8. The first-order valence-corrected chi connectivity index (χ1v) is 14.3. The number of anilines is 1. The number of ether oxygens (including phenoxy) is 1. The number of para-hydroxylation sites is 1. The molecule has 1 heterocycles. The average Bonchev–Trinajstić information content (AvgIpc) is 2.91. The van der Waals surface area contributed by atoms with Crippen LogP contribution in [0.2, 0.25) is 0 Å². The van der Waals surface area contributed by atoms with Gasteiger partial charge in [0, 0.05) is 37.8 Å². The number of carbonyl (C=O) groups is 2. The zero-order valence-electron chi connectivity index (χ0n) is 24.5. The van der Waals surface area contributed by atoms with Crippen molar-refractivity contribution in [3.05, 3.63) is 101 Å². The number of nitrogens with zero attached hydrogens (tertiary/aromatic N) is 2. The summed E-state index contributed by atoms with van der Waals surface area (Å²) in [5.74, 6) is -0.0952. The molecule has 3 aromatic carbocycles. The molecule has 2 amide bonds. The van der Waals surface area contributed by atoms with E-state index in [2.05, 4.69) is 58.7 Å². The third-order valence-electron chi connectivity index (χ3n) is 7.44. The zero-order chi connectivity index (χ0) is 28.7. The Balaban J connectivity index is 1.67. The molecule has 0 spiro atoms. The first kappa shape index (κ1) is 29.3. The molecular formula is C34H43N3O3. The van der Waals surface area contributed by atoms with Gasteiger partial charge >= 0.3 is 6.09 Å². The van der Waals surface area contributed by atoms with Gasteiger partial charge in [-0.2, -0.15) is 0 Å². The number of carbonyl (C=O) groups excluding carboxylic acids is 2. The highest BCUT2D eigenvalue weighted by Gasteiger charge is 2.40. The van der Waals surface area contributed by atoms with Crippen LogP contribution in [-0.4, -0.2) is 46.0 Å². The van der Waals surface area contributed by atoms with Gasteiger partial charge in [0.15, 0.2) is 0 Å². The molecule has 1 saturated heterocycles. The molecule has 0 radical (unpaired) electrons. The number of hydrogen-bond acceptors (Lipinski definition) is 4. The maximum atomic E-state index is 13.6. The maximum absolute atomic E-state index is 13.6. The summed E-state index contributed by atoms with van der Waals surface area (Å²) in [5, 5.41) is 3.16. The number of nitrogens with one attached hydrogen (secondary N) is 1. The molecule has 3 aromatic rings. The van der Waals surface area contributed by atoms with Crippen LogP contribution < -0.4 is 5.32 Å². The quantitative estimate of drug-likeness (QED) is 0.330. The smallest absolute Gasteiger partial charge is 0.410 e. The third-order valence-corrected chi connectivity index (χ3v) is 7.44. The van der Waals surface area contributed by atoms with E-state index < -0.39 is 5.60 Å². The van der Waals surface area contributed by atoms with Crippen molar-refractivity contribution in [2.45, 2.75) is 84.7 Å². The minimum absolute atomic E-state index is 0.0228. The highest BCUT2D eigenvalue weighted by Crippen LogP contribution is 2.30. The largest absolute Gasteiger partial charge is 0.444 e. The Hall–Kier alpha value is -3.64. The average molecular weight is 542 g/mol. The lowest BCUT2D eigenvalue weighted by Gasteiger charge is -2.46. The molecule has 0 bridgehead atoms. The normalized spacial score (nSPS) is 17.5. The van der Waals surface area contributed by atoms with Gasteiger partial charge in [-0.3, -0.25) is 9.69 Å². The molecule has 2 atom stereocenters. The SMILES string of the molecule is Cc1cccc(C)c1NC(=O)C[C@@H]1[C@@H](N(Cc2ccccc2)Cc2ccccc2)CCCN1C(=O)OC(C)(C)C. The summed E-state index contributed by atoms with van der Waals surface area (Å²) in [6, 6.07) is 26.4. The Morgan fingerprint density at radius 1 is 0.875 bits per heavy atom. The molecule has 0 saturated carbocycles. The van der Waals surface area contributed by atoms with Crippen LogP contribution in [0.1, 0.15) is 62.3 Å². The predicted octanol–water partition coefficient (Wildman–Crippen LogP) is 7.10. The summed E-state index contributed by atoms with van der Waals surface area (Å²) in [4.78, 5) is 31.4. The second-order valence-corrected chi connectivity index (χ2v) is 11.8. The van der Waals surface area contributed by atoms with Crippen molar-refractivity contribution < 1.29 is 14.3 Å². The fourth-order valence-electron chi connectivity index (χ4n) is 5.57. The molecule has 6 heteroatoms. The Morgan fingerprint density at radius 3 is 1.95 bits per heavy atom. The minimum atomic E-state index is -0.622. The number of likely N-dealkylation sites (tertiary alicyclic amines) is 1. The van der Waals surface area contributed by atoms with E-state index in [1.54, 1.807) is 4.90 Å². The van der Waals surface area contributed by atoms with Gasteiger partial charge in [0.25, 0.3) is 0 Å². The Bertz CT molecular complexity index is 1210. The number of amides is 2. The minimum Gasteiger partial charge on any atom is -0.444 e. The summed E-state index contributed by atoms with van der Waals surface area (Å²) >= 11 is 0. The van der Waals surface area contributed by atoms with E-state index >= 15 is 0 Å². The molecule has 6 nitrogen and oxygen atoms in total. The summed E-state index contributed by atoms with van der Waals surface area (Å²) in [7, 11) is 0. The van der Waals surface area contributed by atoms with Gasteiger partial charge in [-0.15, -0.1) is 0 Å². The molecule has 1 aliphatic heterocycles. The predicted molar refractivity (Wildman–Crippen MR) is 161 cm³/mol. The van der Waals surface area contributed by atoms with E-state index in [0.717, 1.165) is 42.7 Å². The Kier molecular flexibility index (Phi) is 9.64. The first-order valence-electron chi connectivity index (χ1n) is 14.3. The fraction of sp³-hybridized carbons (Fsp3) is 0.412. The Morgan fingerprint density at radius 2 is 1.43 bits per heavy atom. The van der Waals surface area contributed by atoms with Gasteiger partial charge in [-0.25, -0.2) is 4.79 Å². The van der Waals surface area contributed by atoms with Crippen LogP contribution >= 0.6 is 0 Å². The molecule has 1 aliphatic rings. The third kappa shape index (κ3) is 7.95. The lowest BCUT2D eigenvalue weighted by atomic mass is 9.91.